The molecule has 1 aromatic carbocycles. The maximum absolute atomic E-state index is 12.7. The summed E-state index contributed by atoms with van der Waals surface area (Å²) in [5.74, 6) is -0.372. The second-order valence-electron chi connectivity index (χ2n) is 4.66. The van der Waals surface area contributed by atoms with Gasteiger partial charge in [0.05, 0.1) is 6.42 Å². The summed E-state index contributed by atoms with van der Waals surface area (Å²) >= 11 is 0. The minimum Gasteiger partial charge on any atom is -0.273 e. The zero-order valence-corrected chi connectivity index (χ0v) is 10.1. The van der Waals surface area contributed by atoms with Crippen LogP contribution in [0.3, 0.4) is 0 Å². The molecule has 2 rings (SSSR count). The van der Waals surface area contributed by atoms with Gasteiger partial charge in [-0.2, -0.15) is 0 Å². The van der Waals surface area contributed by atoms with Crippen molar-refractivity contribution < 1.29 is 14.0 Å². The number of hydrazine groups is 1. The summed E-state index contributed by atoms with van der Waals surface area (Å²) < 4.78 is 12.7. The largest absolute Gasteiger partial charge is 0.273 e. The molecular weight excluding hydrogens is 235 g/mol. The molecule has 0 bridgehead atoms. The van der Waals surface area contributed by atoms with E-state index in [1.165, 1.54) is 12.1 Å². The van der Waals surface area contributed by atoms with Crippen LogP contribution in [0.2, 0.25) is 0 Å². The summed E-state index contributed by atoms with van der Waals surface area (Å²) in [6.45, 7) is 1.99. The van der Waals surface area contributed by atoms with Gasteiger partial charge in [-0.05, 0) is 30.0 Å². The van der Waals surface area contributed by atoms with Crippen LogP contribution in [0.15, 0.2) is 24.3 Å². The molecule has 1 aromatic rings. The summed E-state index contributed by atoms with van der Waals surface area (Å²) in [6.07, 6.45) is 0.987. The molecule has 96 valence electrons. The van der Waals surface area contributed by atoms with Crippen LogP contribution in [-0.2, 0) is 16.0 Å². The van der Waals surface area contributed by atoms with E-state index in [4.69, 9.17) is 0 Å². The number of carbonyl (C=O) groups is 2. The van der Waals surface area contributed by atoms with Crippen LogP contribution in [0.1, 0.15) is 18.9 Å². The molecule has 1 aliphatic carbocycles. The van der Waals surface area contributed by atoms with Crippen molar-refractivity contribution in [3.8, 4) is 0 Å². The third-order valence-corrected chi connectivity index (χ3v) is 3.05. The minimum atomic E-state index is -0.338. The molecule has 0 aliphatic heterocycles. The second-order valence-corrected chi connectivity index (χ2v) is 4.66. The van der Waals surface area contributed by atoms with Crippen molar-refractivity contribution >= 4 is 11.8 Å². The predicted molar refractivity (Wildman–Crippen MR) is 63.7 cm³/mol. The van der Waals surface area contributed by atoms with E-state index < -0.39 is 0 Å². The van der Waals surface area contributed by atoms with Crippen molar-refractivity contribution in [1.82, 2.24) is 10.9 Å². The zero-order chi connectivity index (χ0) is 13.1. The van der Waals surface area contributed by atoms with Gasteiger partial charge in [0.25, 0.3) is 0 Å². The van der Waals surface area contributed by atoms with E-state index in [0.29, 0.717) is 11.5 Å². The van der Waals surface area contributed by atoms with Crippen molar-refractivity contribution in [2.24, 2.45) is 11.8 Å². The number of amides is 2. The quantitative estimate of drug-likeness (QED) is 0.791. The summed E-state index contributed by atoms with van der Waals surface area (Å²) in [4.78, 5) is 22.9. The molecule has 0 radical (unpaired) electrons. The van der Waals surface area contributed by atoms with Crippen molar-refractivity contribution in [1.29, 1.82) is 0 Å². The lowest BCUT2D eigenvalue weighted by molar-refractivity contribution is -0.129. The van der Waals surface area contributed by atoms with Crippen molar-refractivity contribution in [3.05, 3.63) is 35.6 Å². The van der Waals surface area contributed by atoms with Crippen molar-refractivity contribution in [2.75, 3.05) is 0 Å². The van der Waals surface area contributed by atoms with Crippen LogP contribution < -0.4 is 10.9 Å². The maximum atomic E-state index is 12.7. The third-order valence-electron chi connectivity index (χ3n) is 3.05. The van der Waals surface area contributed by atoms with Gasteiger partial charge in [-0.1, -0.05) is 19.1 Å². The number of rotatable bonds is 3. The van der Waals surface area contributed by atoms with Gasteiger partial charge in [0.1, 0.15) is 5.82 Å². The van der Waals surface area contributed by atoms with E-state index in [2.05, 4.69) is 10.9 Å². The Hall–Kier alpha value is -1.91. The fourth-order valence-corrected chi connectivity index (χ4v) is 1.74. The smallest absolute Gasteiger partial charge is 0.242 e. The molecule has 4 nitrogen and oxygen atoms in total. The lowest BCUT2D eigenvalue weighted by atomic mass is 10.1. The highest BCUT2D eigenvalue weighted by atomic mass is 19.1. The van der Waals surface area contributed by atoms with Gasteiger partial charge in [-0.25, -0.2) is 4.39 Å². The molecule has 1 saturated carbocycles. The minimum absolute atomic E-state index is 0.0242. The number of hydrogen-bond donors (Lipinski definition) is 2. The lowest BCUT2D eigenvalue weighted by Crippen LogP contribution is -2.43. The van der Waals surface area contributed by atoms with Crippen LogP contribution in [0.25, 0.3) is 0 Å². The molecule has 5 heteroatoms. The topological polar surface area (TPSA) is 58.2 Å². The fourth-order valence-electron chi connectivity index (χ4n) is 1.74. The molecule has 0 unspecified atom stereocenters. The first-order valence-corrected chi connectivity index (χ1v) is 5.89. The zero-order valence-electron chi connectivity index (χ0n) is 10.1. The Bertz CT molecular complexity index is 459. The molecular formula is C13H15FN2O2. The average molecular weight is 250 g/mol. The SMILES string of the molecule is C[C@@H]1C[C@@H]1C(=O)NNC(=O)Cc1ccc(F)cc1. The third kappa shape index (κ3) is 3.29. The Morgan fingerprint density at radius 3 is 2.44 bits per heavy atom. The monoisotopic (exact) mass is 250 g/mol. The molecule has 2 N–H and O–H groups in total. The van der Waals surface area contributed by atoms with E-state index in [9.17, 15) is 14.0 Å². The van der Waals surface area contributed by atoms with E-state index in [-0.39, 0.29) is 30.0 Å². The molecule has 2 atom stereocenters. The van der Waals surface area contributed by atoms with Gasteiger partial charge in [0.2, 0.25) is 11.8 Å². The summed E-state index contributed by atoms with van der Waals surface area (Å²) in [6, 6.07) is 5.68. The van der Waals surface area contributed by atoms with E-state index in [1.54, 1.807) is 12.1 Å². The molecule has 0 aromatic heterocycles. The van der Waals surface area contributed by atoms with Crippen LogP contribution >= 0.6 is 0 Å². The Balaban J connectivity index is 1.75. The first kappa shape index (κ1) is 12.5. The summed E-state index contributed by atoms with van der Waals surface area (Å²) in [5.41, 5.74) is 5.45. The molecule has 1 fully saturated rings. The maximum Gasteiger partial charge on any atom is 0.242 e. The van der Waals surface area contributed by atoms with E-state index in [0.717, 1.165) is 6.42 Å². The lowest BCUT2D eigenvalue weighted by Gasteiger charge is -2.06. The van der Waals surface area contributed by atoms with Gasteiger partial charge in [-0.3, -0.25) is 20.4 Å². The number of hydrogen-bond acceptors (Lipinski definition) is 2. The number of halogens is 1. The average Bonchev–Trinajstić information content (AvgIpc) is 3.06. The molecule has 1 aliphatic rings. The molecule has 18 heavy (non-hydrogen) atoms. The van der Waals surface area contributed by atoms with Crippen LogP contribution in [-0.4, -0.2) is 11.8 Å². The summed E-state index contributed by atoms with van der Waals surface area (Å²) in [5, 5.41) is 0. The van der Waals surface area contributed by atoms with E-state index in [1.807, 2.05) is 6.92 Å². The predicted octanol–water partition coefficient (Wildman–Crippen LogP) is 1.17. The van der Waals surface area contributed by atoms with Crippen LogP contribution in [0.5, 0.6) is 0 Å². The van der Waals surface area contributed by atoms with Crippen LogP contribution in [0.4, 0.5) is 4.39 Å². The first-order chi connectivity index (χ1) is 8.56. The Morgan fingerprint density at radius 1 is 1.28 bits per heavy atom. The molecule has 0 spiro atoms. The Kier molecular flexibility index (Phi) is 3.60. The van der Waals surface area contributed by atoms with Gasteiger partial charge in [0.15, 0.2) is 0 Å². The van der Waals surface area contributed by atoms with E-state index >= 15 is 0 Å². The first-order valence-electron chi connectivity index (χ1n) is 5.89. The highest BCUT2D eigenvalue weighted by molar-refractivity contribution is 5.85. The number of carbonyl (C=O) groups excluding carboxylic acids is 2. The van der Waals surface area contributed by atoms with Gasteiger partial charge in [0, 0.05) is 5.92 Å². The fraction of sp³-hybridized carbons (Fsp3) is 0.385. The molecule has 2 amide bonds. The highest BCUT2D eigenvalue weighted by Crippen LogP contribution is 2.37. The Morgan fingerprint density at radius 2 is 1.89 bits per heavy atom. The normalized spacial score (nSPS) is 21.2. The van der Waals surface area contributed by atoms with Gasteiger partial charge < -0.3 is 0 Å². The summed E-state index contributed by atoms with van der Waals surface area (Å²) in [7, 11) is 0. The van der Waals surface area contributed by atoms with Gasteiger partial charge >= 0.3 is 0 Å². The van der Waals surface area contributed by atoms with Crippen LogP contribution in [0, 0.1) is 17.7 Å². The highest BCUT2D eigenvalue weighted by Gasteiger charge is 2.39. The molecule has 0 heterocycles. The molecule has 0 saturated heterocycles. The Labute approximate surface area is 105 Å². The second kappa shape index (κ2) is 5.16. The number of nitrogens with one attached hydrogen (secondary N) is 2. The van der Waals surface area contributed by atoms with Crippen molar-refractivity contribution in [2.45, 2.75) is 19.8 Å². The van der Waals surface area contributed by atoms with Gasteiger partial charge in [-0.15, -0.1) is 0 Å². The number of benzene rings is 1. The standard InChI is InChI=1S/C13H15FN2O2/c1-8-6-11(8)13(18)16-15-12(17)7-9-2-4-10(14)5-3-9/h2-5,8,11H,6-7H2,1H3,(H,15,17)(H,16,18)/t8-,11+/m1/s1. The van der Waals surface area contributed by atoms with Crippen molar-refractivity contribution in [3.63, 3.8) is 0 Å².